The first-order valence-corrected chi connectivity index (χ1v) is 11.8. The van der Waals surface area contributed by atoms with Gasteiger partial charge in [-0.05, 0) is 66.1 Å². The van der Waals surface area contributed by atoms with Gasteiger partial charge in [-0.1, -0.05) is 54.1 Å². The molecular weight excluding hydrogens is 477 g/mol. The molecule has 1 aliphatic carbocycles. The van der Waals surface area contributed by atoms with Crippen molar-refractivity contribution in [2.75, 3.05) is 18.9 Å². The summed E-state index contributed by atoms with van der Waals surface area (Å²) < 4.78 is 41.9. The zero-order valence-corrected chi connectivity index (χ0v) is 20.0. The Balaban J connectivity index is 1.56. The minimum absolute atomic E-state index is 0.256. The van der Waals surface area contributed by atoms with Crippen LogP contribution in [0.5, 0.6) is 5.75 Å². The lowest BCUT2D eigenvalue weighted by molar-refractivity contribution is -0.274. The van der Waals surface area contributed by atoms with Crippen LogP contribution in [0.2, 0.25) is 5.02 Å². The van der Waals surface area contributed by atoms with Gasteiger partial charge >= 0.3 is 6.36 Å². The highest BCUT2D eigenvalue weighted by Gasteiger charge is 2.31. The van der Waals surface area contributed by atoms with Gasteiger partial charge in [-0.15, -0.1) is 13.2 Å². The summed E-state index contributed by atoms with van der Waals surface area (Å²) in [5.41, 5.74) is 3.87. The number of hydrogen-bond donors (Lipinski definition) is 1. The molecule has 1 amide bonds. The van der Waals surface area contributed by atoms with Gasteiger partial charge in [-0.3, -0.25) is 4.79 Å². The molecule has 1 saturated carbocycles. The number of benzene rings is 3. The number of carbonyl (C=O) groups is 1. The summed E-state index contributed by atoms with van der Waals surface area (Å²) in [7, 11) is 1.72. The molecule has 0 heterocycles. The van der Waals surface area contributed by atoms with E-state index in [0.29, 0.717) is 40.7 Å². The van der Waals surface area contributed by atoms with Crippen LogP contribution in [-0.4, -0.2) is 30.8 Å². The normalized spacial score (nSPS) is 13.4. The average Bonchev–Trinajstić information content (AvgIpc) is 3.66. The van der Waals surface area contributed by atoms with E-state index < -0.39 is 6.36 Å². The molecule has 0 atom stereocenters. The van der Waals surface area contributed by atoms with Crippen LogP contribution < -0.4 is 10.1 Å². The van der Waals surface area contributed by atoms with Gasteiger partial charge in [0.2, 0.25) is 0 Å². The molecule has 8 heteroatoms. The highest BCUT2D eigenvalue weighted by Crippen LogP contribution is 2.40. The molecule has 0 saturated heterocycles. The van der Waals surface area contributed by atoms with Gasteiger partial charge in [0, 0.05) is 25.8 Å². The number of amides is 1. The molecule has 1 aliphatic rings. The van der Waals surface area contributed by atoms with E-state index in [9.17, 15) is 18.0 Å². The van der Waals surface area contributed by atoms with Gasteiger partial charge in [0.1, 0.15) is 5.75 Å². The molecule has 4 rings (SSSR count). The van der Waals surface area contributed by atoms with Crippen molar-refractivity contribution in [2.45, 2.75) is 38.1 Å². The maximum Gasteiger partial charge on any atom is 0.573 e. The summed E-state index contributed by atoms with van der Waals surface area (Å²) in [6.07, 6.45) is -2.00. The van der Waals surface area contributed by atoms with Crippen molar-refractivity contribution in [3.05, 3.63) is 94.0 Å². The standard InChI is InChI=1S/C27H26ClF3N2O2/c1-32-24-7-3-6-23(28)25(24)26(34)33(17-19-8-10-20(11-9-19)21-12-13-21)15-14-18-4-2-5-22(16-18)35-27(29,30)31/h2-11,16,21,32H,12-15,17H2,1H3. The van der Waals surface area contributed by atoms with Crippen LogP contribution in [0.4, 0.5) is 18.9 Å². The van der Waals surface area contributed by atoms with Gasteiger partial charge in [0.05, 0.1) is 10.6 Å². The van der Waals surface area contributed by atoms with Crippen molar-refractivity contribution in [3.63, 3.8) is 0 Å². The third-order valence-electron chi connectivity index (χ3n) is 5.99. The lowest BCUT2D eigenvalue weighted by Gasteiger charge is -2.25. The van der Waals surface area contributed by atoms with Crippen LogP contribution in [0.15, 0.2) is 66.7 Å². The number of alkyl halides is 3. The molecule has 1 N–H and O–H groups in total. The number of anilines is 1. The van der Waals surface area contributed by atoms with E-state index in [2.05, 4.69) is 22.2 Å². The lowest BCUT2D eigenvalue weighted by Crippen LogP contribution is -2.33. The summed E-state index contributed by atoms with van der Waals surface area (Å²) in [4.78, 5) is 15.3. The van der Waals surface area contributed by atoms with E-state index in [-0.39, 0.29) is 18.2 Å². The highest BCUT2D eigenvalue weighted by atomic mass is 35.5. The van der Waals surface area contributed by atoms with Crippen molar-refractivity contribution < 1.29 is 22.7 Å². The number of nitrogens with one attached hydrogen (secondary N) is 1. The highest BCUT2D eigenvalue weighted by molar-refractivity contribution is 6.34. The van der Waals surface area contributed by atoms with Crippen molar-refractivity contribution in [1.29, 1.82) is 0 Å². The van der Waals surface area contributed by atoms with Crippen molar-refractivity contribution in [3.8, 4) is 5.75 Å². The third kappa shape index (κ3) is 6.69. The molecule has 1 fully saturated rings. The van der Waals surface area contributed by atoms with Crippen molar-refractivity contribution >= 4 is 23.2 Å². The molecule has 3 aromatic rings. The second kappa shape index (κ2) is 10.6. The largest absolute Gasteiger partial charge is 0.573 e. The Bertz CT molecular complexity index is 1180. The topological polar surface area (TPSA) is 41.6 Å². The fourth-order valence-electron chi connectivity index (χ4n) is 4.05. The third-order valence-corrected chi connectivity index (χ3v) is 6.30. The van der Waals surface area contributed by atoms with Crippen LogP contribution in [0.1, 0.15) is 45.8 Å². The molecule has 4 nitrogen and oxygen atoms in total. The zero-order valence-electron chi connectivity index (χ0n) is 19.2. The fraction of sp³-hybridized carbons (Fsp3) is 0.296. The van der Waals surface area contributed by atoms with Crippen LogP contribution in [0, 0.1) is 0 Å². The minimum Gasteiger partial charge on any atom is -0.406 e. The van der Waals surface area contributed by atoms with Crippen LogP contribution in [0.3, 0.4) is 0 Å². The van der Waals surface area contributed by atoms with Crippen LogP contribution in [0.25, 0.3) is 0 Å². The number of ether oxygens (including phenoxy) is 1. The minimum atomic E-state index is -4.76. The predicted octanol–water partition coefficient (Wildman–Crippen LogP) is 7.04. The second-order valence-corrected chi connectivity index (χ2v) is 9.01. The van der Waals surface area contributed by atoms with Crippen molar-refractivity contribution in [1.82, 2.24) is 4.90 Å². The average molecular weight is 503 g/mol. The smallest absolute Gasteiger partial charge is 0.406 e. The first-order chi connectivity index (χ1) is 16.7. The Kier molecular flexibility index (Phi) is 7.55. The number of hydrogen-bond acceptors (Lipinski definition) is 3. The number of halogens is 4. The maximum absolute atomic E-state index is 13.6. The molecule has 0 spiro atoms. The second-order valence-electron chi connectivity index (χ2n) is 8.60. The Labute approximate surface area is 207 Å². The van der Waals surface area contributed by atoms with E-state index in [1.54, 1.807) is 36.2 Å². The van der Waals surface area contributed by atoms with Gasteiger partial charge in [-0.2, -0.15) is 0 Å². The van der Waals surface area contributed by atoms with Gasteiger partial charge in [0.25, 0.3) is 5.91 Å². The Morgan fingerprint density at radius 2 is 1.77 bits per heavy atom. The molecule has 0 radical (unpaired) electrons. The van der Waals surface area contributed by atoms with Crippen molar-refractivity contribution in [2.24, 2.45) is 0 Å². The zero-order chi connectivity index (χ0) is 25.0. The van der Waals surface area contributed by atoms with E-state index in [1.165, 1.54) is 36.6 Å². The molecule has 0 aliphatic heterocycles. The first kappa shape index (κ1) is 24.9. The van der Waals surface area contributed by atoms with E-state index in [0.717, 1.165) is 5.56 Å². The number of rotatable bonds is 9. The van der Waals surface area contributed by atoms with Crippen LogP contribution >= 0.6 is 11.6 Å². The predicted molar refractivity (Wildman–Crippen MR) is 131 cm³/mol. The molecule has 0 unspecified atom stereocenters. The monoisotopic (exact) mass is 502 g/mol. The van der Waals surface area contributed by atoms with Crippen LogP contribution in [-0.2, 0) is 13.0 Å². The molecule has 35 heavy (non-hydrogen) atoms. The molecule has 0 bridgehead atoms. The summed E-state index contributed by atoms with van der Waals surface area (Å²) >= 11 is 6.40. The lowest BCUT2D eigenvalue weighted by atomic mass is 10.1. The molecule has 184 valence electrons. The summed E-state index contributed by atoms with van der Waals surface area (Å²) in [6, 6.07) is 19.3. The molecule has 3 aromatic carbocycles. The Morgan fingerprint density at radius 3 is 2.43 bits per heavy atom. The number of nitrogens with zero attached hydrogens (tertiary/aromatic N) is 1. The van der Waals surface area contributed by atoms with Gasteiger partial charge in [0.15, 0.2) is 0 Å². The van der Waals surface area contributed by atoms with E-state index in [1.807, 2.05) is 12.1 Å². The SMILES string of the molecule is CNc1cccc(Cl)c1C(=O)N(CCc1cccc(OC(F)(F)F)c1)Cc1ccc(C2CC2)cc1. The molecular formula is C27H26ClF3N2O2. The quantitative estimate of drug-likeness (QED) is 0.341. The first-order valence-electron chi connectivity index (χ1n) is 11.4. The Hall–Kier alpha value is -3.19. The fourth-order valence-corrected chi connectivity index (χ4v) is 4.31. The van der Waals surface area contributed by atoms with E-state index in [4.69, 9.17) is 11.6 Å². The summed E-state index contributed by atoms with van der Waals surface area (Å²) in [6.45, 7) is 0.629. The summed E-state index contributed by atoms with van der Waals surface area (Å²) in [5, 5.41) is 3.34. The van der Waals surface area contributed by atoms with Gasteiger partial charge in [-0.25, -0.2) is 0 Å². The number of carbonyl (C=O) groups excluding carboxylic acids is 1. The maximum atomic E-state index is 13.6. The van der Waals surface area contributed by atoms with Gasteiger partial charge < -0.3 is 15.0 Å². The van der Waals surface area contributed by atoms with E-state index >= 15 is 0 Å². The summed E-state index contributed by atoms with van der Waals surface area (Å²) in [5.74, 6) is 0.0929. The molecule has 0 aromatic heterocycles. The Morgan fingerprint density at radius 1 is 1.06 bits per heavy atom.